The molecule has 0 radical (unpaired) electrons. The maximum Gasteiger partial charge on any atom is 0.363 e. The molecule has 136 valence electrons. The summed E-state index contributed by atoms with van der Waals surface area (Å²) in [5.74, 6) is 1.30. The Kier molecular flexibility index (Phi) is 6.07. The zero-order valence-corrected chi connectivity index (χ0v) is 15.7. The highest BCUT2D eigenvalue weighted by molar-refractivity contribution is 7.12. The van der Waals surface area contributed by atoms with Crippen molar-refractivity contribution < 1.29 is 19.0 Å². The van der Waals surface area contributed by atoms with E-state index in [0.717, 1.165) is 29.0 Å². The number of hydrogen-bond acceptors (Lipinski definition) is 6. The number of cyclic esters (lactones) is 1. The summed E-state index contributed by atoms with van der Waals surface area (Å²) < 4.78 is 16.8. The number of rotatable bonds is 8. The van der Waals surface area contributed by atoms with Gasteiger partial charge >= 0.3 is 5.97 Å². The third-order valence-electron chi connectivity index (χ3n) is 3.56. The van der Waals surface area contributed by atoms with Crippen molar-refractivity contribution in [2.75, 3.05) is 13.2 Å². The molecule has 6 heteroatoms. The van der Waals surface area contributed by atoms with E-state index < -0.39 is 5.97 Å². The second kappa shape index (κ2) is 8.67. The summed E-state index contributed by atoms with van der Waals surface area (Å²) in [6.45, 7) is 5.33. The Morgan fingerprint density at radius 2 is 1.96 bits per heavy atom. The van der Waals surface area contributed by atoms with Crippen LogP contribution in [0.1, 0.15) is 37.1 Å². The highest BCUT2D eigenvalue weighted by Gasteiger charge is 2.25. The lowest BCUT2D eigenvalue weighted by molar-refractivity contribution is -0.129. The van der Waals surface area contributed by atoms with E-state index in [4.69, 9.17) is 14.2 Å². The molecule has 0 amide bonds. The number of hydrogen-bond donors (Lipinski definition) is 0. The predicted octanol–water partition coefficient (Wildman–Crippen LogP) is 4.67. The molecule has 2 aromatic rings. The zero-order valence-electron chi connectivity index (χ0n) is 14.9. The molecule has 0 aliphatic carbocycles. The van der Waals surface area contributed by atoms with E-state index in [1.165, 1.54) is 11.3 Å². The summed E-state index contributed by atoms with van der Waals surface area (Å²) >= 11 is 1.48. The molecule has 1 aliphatic heterocycles. The van der Waals surface area contributed by atoms with Crippen molar-refractivity contribution in [3.63, 3.8) is 0 Å². The van der Waals surface area contributed by atoms with Gasteiger partial charge in [-0.2, -0.15) is 0 Å². The zero-order chi connectivity index (χ0) is 18.4. The number of aliphatic imine (C=N–C) groups is 1. The van der Waals surface area contributed by atoms with Gasteiger partial charge in [0.2, 0.25) is 5.90 Å². The van der Waals surface area contributed by atoms with E-state index in [9.17, 15) is 4.79 Å². The molecule has 5 nitrogen and oxygen atoms in total. The minimum absolute atomic E-state index is 0.261. The van der Waals surface area contributed by atoms with Crippen LogP contribution in [0, 0.1) is 0 Å². The van der Waals surface area contributed by atoms with Crippen molar-refractivity contribution >= 4 is 29.3 Å². The fourth-order valence-electron chi connectivity index (χ4n) is 2.34. The van der Waals surface area contributed by atoms with Crippen LogP contribution in [0.5, 0.6) is 11.5 Å². The molecule has 0 spiro atoms. The SMILES string of the molecule is CCCOc1ccc(C=C2N=C(c3cccs3)OC2=O)c(OCCC)c1. The first kappa shape index (κ1) is 18.2. The Bertz CT molecular complexity index is 824. The number of carbonyl (C=O) groups excluding carboxylic acids is 1. The number of ether oxygens (including phenoxy) is 3. The standard InChI is InChI=1S/C20H21NO4S/c1-3-9-23-15-8-7-14(17(13-15)24-10-4-2)12-16-20(22)25-19(21-16)18-6-5-11-26-18/h5-8,11-13H,3-4,9-10H2,1-2H3. The lowest BCUT2D eigenvalue weighted by Crippen LogP contribution is -2.03. The lowest BCUT2D eigenvalue weighted by atomic mass is 10.1. The first-order valence-corrected chi connectivity index (χ1v) is 9.55. The molecule has 0 atom stereocenters. The van der Waals surface area contributed by atoms with Crippen LogP contribution in [0.2, 0.25) is 0 Å². The largest absolute Gasteiger partial charge is 0.493 e. The number of thiophene rings is 1. The maximum atomic E-state index is 12.2. The molecule has 26 heavy (non-hydrogen) atoms. The Morgan fingerprint density at radius 1 is 1.15 bits per heavy atom. The van der Waals surface area contributed by atoms with Gasteiger partial charge in [-0.15, -0.1) is 11.3 Å². The average Bonchev–Trinajstić information content (AvgIpc) is 3.30. The molecular weight excluding hydrogens is 350 g/mol. The molecule has 0 N–H and O–H groups in total. The highest BCUT2D eigenvalue weighted by Crippen LogP contribution is 2.29. The summed E-state index contributed by atoms with van der Waals surface area (Å²) in [6, 6.07) is 9.35. The fourth-order valence-corrected chi connectivity index (χ4v) is 2.99. The number of carbonyl (C=O) groups is 1. The van der Waals surface area contributed by atoms with Gasteiger partial charge in [-0.05, 0) is 42.5 Å². The molecule has 3 rings (SSSR count). The summed E-state index contributed by atoms with van der Waals surface area (Å²) in [6.07, 6.45) is 3.51. The van der Waals surface area contributed by atoms with Crippen molar-refractivity contribution in [3.05, 3.63) is 51.8 Å². The first-order chi connectivity index (χ1) is 12.7. The fraction of sp³-hybridized carbons (Fsp3) is 0.300. The van der Waals surface area contributed by atoms with Crippen LogP contribution in [-0.2, 0) is 9.53 Å². The van der Waals surface area contributed by atoms with Gasteiger partial charge in [0.15, 0.2) is 5.70 Å². The molecule has 0 saturated carbocycles. The topological polar surface area (TPSA) is 57.1 Å². The Hall–Kier alpha value is -2.60. The Morgan fingerprint density at radius 3 is 2.69 bits per heavy atom. The van der Waals surface area contributed by atoms with Crippen molar-refractivity contribution in [2.24, 2.45) is 4.99 Å². The average molecular weight is 371 g/mol. The highest BCUT2D eigenvalue weighted by atomic mass is 32.1. The minimum atomic E-state index is -0.457. The van der Waals surface area contributed by atoms with Gasteiger partial charge in [0.1, 0.15) is 11.5 Å². The predicted molar refractivity (Wildman–Crippen MR) is 103 cm³/mol. The van der Waals surface area contributed by atoms with E-state index in [2.05, 4.69) is 11.9 Å². The van der Waals surface area contributed by atoms with Gasteiger partial charge in [-0.3, -0.25) is 0 Å². The summed E-state index contributed by atoms with van der Waals surface area (Å²) in [5, 5.41) is 1.92. The summed E-state index contributed by atoms with van der Waals surface area (Å²) in [7, 11) is 0. The second-order valence-corrected chi connectivity index (χ2v) is 6.66. The molecule has 0 bridgehead atoms. The normalized spacial score (nSPS) is 15.1. The van der Waals surface area contributed by atoms with Crippen LogP contribution in [0.3, 0.4) is 0 Å². The van der Waals surface area contributed by atoms with Crippen molar-refractivity contribution in [2.45, 2.75) is 26.7 Å². The molecule has 1 aromatic heterocycles. The van der Waals surface area contributed by atoms with Crippen LogP contribution in [-0.4, -0.2) is 25.1 Å². The van der Waals surface area contributed by atoms with Gasteiger partial charge in [-0.25, -0.2) is 9.79 Å². The van der Waals surface area contributed by atoms with E-state index in [1.54, 1.807) is 6.08 Å². The molecular formula is C20H21NO4S. The Labute approximate surface area is 156 Å². The summed E-state index contributed by atoms with van der Waals surface area (Å²) in [4.78, 5) is 17.3. The van der Waals surface area contributed by atoms with Crippen LogP contribution >= 0.6 is 11.3 Å². The molecule has 0 saturated heterocycles. The second-order valence-electron chi connectivity index (χ2n) is 5.71. The Balaban J connectivity index is 1.89. The smallest absolute Gasteiger partial charge is 0.363 e. The van der Waals surface area contributed by atoms with Crippen LogP contribution in [0.25, 0.3) is 6.08 Å². The number of esters is 1. The van der Waals surface area contributed by atoms with Gasteiger partial charge in [0.25, 0.3) is 0 Å². The van der Waals surface area contributed by atoms with Gasteiger partial charge < -0.3 is 14.2 Å². The van der Waals surface area contributed by atoms with E-state index in [1.807, 2.05) is 42.6 Å². The molecule has 0 fully saturated rings. The van der Waals surface area contributed by atoms with Crippen molar-refractivity contribution in [3.8, 4) is 11.5 Å². The number of benzene rings is 1. The quantitative estimate of drug-likeness (QED) is 0.500. The van der Waals surface area contributed by atoms with Gasteiger partial charge in [0.05, 0.1) is 18.1 Å². The van der Waals surface area contributed by atoms with Crippen LogP contribution < -0.4 is 9.47 Å². The van der Waals surface area contributed by atoms with Crippen molar-refractivity contribution in [1.82, 2.24) is 0 Å². The van der Waals surface area contributed by atoms with Crippen LogP contribution in [0.15, 0.2) is 46.4 Å². The molecule has 1 aliphatic rings. The van der Waals surface area contributed by atoms with Gasteiger partial charge in [0, 0.05) is 11.6 Å². The lowest BCUT2D eigenvalue weighted by Gasteiger charge is -2.11. The first-order valence-electron chi connectivity index (χ1n) is 8.67. The molecule has 1 aromatic carbocycles. The van der Waals surface area contributed by atoms with Gasteiger partial charge in [-0.1, -0.05) is 19.9 Å². The maximum absolute atomic E-state index is 12.2. The summed E-state index contributed by atoms with van der Waals surface area (Å²) in [5.41, 5.74) is 1.03. The molecule has 0 unspecified atom stereocenters. The van der Waals surface area contributed by atoms with Crippen LogP contribution in [0.4, 0.5) is 0 Å². The van der Waals surface area contributed by atoms with E-state index >= 15 is 0 Å². The van der Waals surface area contributed by atoms with E-state index in [-0.39, 0.29) is 5.70 Å². The third kappa shape index (κ3) is 4.32. The van der Waals surface area contributed by atoms with E-state index in [0.29, 0.717) is 24.9 Å². The monoisotopic (exact) mass is 371 g/mol. The number of nitrogens with zero attached hydrogens (tertiary/aromatic N) is 1. The molecule has 2 heterocycles. The van der Waals surface area contributed by atoms with Crippen molar-refractivity contribution in [1.29, 1.82) is 0 Å². The minimum Gasteiger partial charge on any atom is -0.493 e. The third-order valence-corrected chi connectivity index (χ3v) is 4.42.